The van der Waals surface area contributed by atoms with Gasteiger partial charge in [0.05, 0.1) is 0 Å². The van der Waals surface area contributed by atoms with Gasteiger partial charge in [-0.25, -0.2) is 0 Å². The van der Waals surface area contributed by atoms with E-state index >= 15 is 0 Å². The minimum atomic E-state index is 0.262. The maximum absolute atomic E-state index is 3.66. The van der Waals surface area contributed by atoms with Crippen molar-refractivity contribution < 1.29 is 0 Å². The molecule has 0 spiro atoms. The molecule has 1 atom stereocenters. The van der Waals surface area contributed by atoms with Crippen LogP contribution < -0.4 is 5.32 Å². The molecule has 80 valence electrons. The van der Waals surface area contributed by atoms with E-state index in [0.29, 0.717) is 6.04 Å². The van der Waals surface area contributed by atoms with Crippen LogP contribution in [0.25, 0.3) is 0 Å². The van der Waals surface area contributed by atoms with E-state index in [0.717, 1.165) is 5.92 Å². The fourth-order valence-electron chi connectivity index (χ4n) is 1.53. The van der Waals surface area contributed by atoms with E-state index in [1.165, 1.54) is 19.3 Å². The van der Waals surface area contributed by atoms with Crippen LogP contribution in [-0.2, 0) is 0 Å². The maximum Gasteiger partial charge on any atom is 0.00990 e. The molecule has 1 N–H and O–H groups in total. The van der Waals surface area contributed by atoms with Crippen LogP contribution in [-0.4, -0.2) is 11.6 Å². The Morgan fingerprint density at radius 2 is 1.62 bits per heavy atom. The molecule has 0 aliphatic heterocycles. The van der Waals surface area contributed by atoms with Gasteiger partial charge in [-0.15, -0.1) is 0 Å². The summed E-state index contributed by atoms with van der Waals surface area (Å²) in [4.78, 5) is 0. The molecule has 13 heavy (non-hydrogen) atoms. The Balaban J connectivity index is 3.76. The van der Waals surface area contributed by atoms with Crippen molar-refractivity contribution in [1.82, 2.24) is 5.32 Å². The first-order valence-corrected chi connectivity index (χ1v) is 5.63. The van der Waals surface area contributed by atoms with Gasteiger partial charge in [0.15, 0.2) is 0 Å². The van der Waals surface area contributed by atoms with Crippen molar-refractivity contribution in [2.75, 3.05) is 0 Å². The largest absolute Gasteiger partial charge is 0.309 e. The summed E-state index contributed by atoms with van der Waals surface area (Å²) in [5.74, 6) is 0.829. The minimum absolute atomic E-state index is 0.262. The Bertz CT molecular complexity index is 122. The van der Waals surface area contributed by atoms with Crippen molar-refractivity contribution in [2.24, 2.45) is 5.92 Å². The summed E-state index contributed by atoms with van der Waals surface area (Å²) in [5, 5.41) is 3.66. The van der Waals surface area contributed by atoms with Crippen LogP contribution in [0.15, 0.2) is 0 Å². The third-order valence-corrected chi connectivity index (χ3v) is 2.22. The van der Waals surface area contributed by atoms with Crippen molar-refractivity contribution >= 4 is 0 Å². The van der Waals surface area contributed by atoms with Crippen molar-refractivity contribution in [2.45, 2.75) is 72.4 Å². The first kappa shape index (κ1) is 13.0. The molecule has 0 fully saturated rings. The summed E-state index contributed by atoms with van der Waals surface area (Å²) in [6.45, 7) is 13.6. The van der Waals surface area contributed by atoms with Gasteiger partial charge in [-0.2, -0.15) is 0 Å². The fraction of sp³-hybridized carbons (Fsp3) is 1.00. The average Bonchev–Trinajstić information content (AvgIpc) is 1.95. The second-order valence-corrected chi connectivity index (χ2v) is 5.47. The molecule has 0 heterocycles. The van der Waals surface area contributed by atoms with Crippen molar-refractivity contribution in [3.05, 3.63) is 0 Å². The zero-order chi connectivity index (χ0) is 10.5. The molecule has 0 amide bonds. The Morgan fingerprint density at radius 1 is 1.08 bits per heavy atom. The first-order valence-electron chi connectivity index (χ1n) is 5.63. The van der Waals surface area contributed by atoms with Crippen LogP contribution in [0, 0.1) is 5.92 Å². The molecule has 0 saturated heterocycles. The van der Waals surface area contributed by atoms with E-state index in [1.807, 2.05) is 0 Å². The lowest BCUT2D eigenvalue weighted by atomic mass is 9.99. The molecule has 0 aliphatic rings. The van der Waals surface area contributed by atoms with Crippen LogP contribution in [0.5, 0.6) is 0 Å². The molecule has 0 aliphatic carbocycles. The molecule has 0 bridgehead atoms. The molecule has 0 rings (SSSR count). The number of hydrogen-bond donors (Lipinski definition) is 1. The van der Waals surface area contributed by atoms with Crippen LogP contribution in [0.2, 0.25) is 0 Å². The van der Waals surface area contributed by atoms with Gasteiger partial charge in [-0.05, 0) is 46.0 Å². The van der Waals surface area contributed by atoms with Gasteiger partial charge in [0.25, 0.3) is 0 Å². The zero-order valence-corrected chi connectivity index (χ0v) is 10.3. The molecule has 1 heteroatoms. The highest BCUT2D eigenvalue weighted by atomic mass is 15.0. The quantitative estimate of drug-likeness (QED) is 0.690. The molecule has 0 radical (unpaired) electrons. The SMILES string of the molecule is CCC(CCC(C)C)NC(C)(C)C. The summed E-state index contributed by atoms with van der Waals surface area (Å²) in [5.41, 5.74) is 0.262. The smallest absolute Gasteiger partial charge is 0.00990 e. The molecule has 1 nitrogen and oxygen atoms in total. The minimum Gasteiger partial charge on any atom is -0.309 e. The monoisotopic (exact) mass is 185 g/mol. The van der Waals surface area contributed by atoms with Gasteiger partial charge in [-0.3, -0.25) is 0 Å². The predicted octanol–water partition coefficient (Wildman–Crippen LogP) is 3.59. The summed E-state index contributed by atoms with van der Waals surface area (Å²) in [6.07, 6.45) is 3.89. The van der Waals surface area contributed by atoms with E-state index in [4.69, 9.17) is 0 Å². The van der Waals surface area contributed by atoms with Gasteiger partial charge in [0, 0.05) is 11.6 Å². The van der Waals surface area contributed by atoms with E-state index in [-0.39, 0.29) is 5.54 Å². The van der Waals surface area contributed by atoms with Crippen LogP contribution in [0.4, 0.5) is 0 Å². The van der Waals surface area contributed by atoms with Crippen LogP contribution >= 0.6 is 0 Å². The van der Waals surface area contributed by atoms with Crippen LogP contribution in [0.3, 0.4) is 0 Å². The summed E-state index contributed by atoms with van der Waals surface area (Å²) in [6, 6.07) is 0.697. The van der Waals surface area contributed by atoms with Gasteiger partial charge in [0.1, 0.15) is 0 Å². The third kappa shape index (κ3) is 8.29. The third-order valence-electron chi connectivity index (χ3n) is 2.22. The molecular weight excluding hydrogens is 158 g/mol. The summed E-state index contributed by atoms with van der Waals surface area (Å²) in [7, 11) is 0. The fourth-order valence-corrected chi connectivity index (χ4v) is 1.53. The van der Waals surface area contributed by atoms with E-state index in [2.05, 4.69) is 46.9 Å². The highest BCUT2D eigenvalue weighted by molar-refractivity contribution is 4.77. The second-order valence-electron chi connectivity index (χ2n) is 5.47. The van der Waals surface area contributed by atoms with Gasteiger partial charge in [0.2, 0.25) is 0 Å². The normalized spacial score (nSPS) is 15.0. The van der Waals surface area contributed by atoms with E-state index < -0.39 is 0 Å². The zero-order valence-electron chi connectivity index (χ0n) is 10.3. The average molecular weight is 185 g/mol. The lowest BCUT2D eigenvalue weighted by molar-refractivity contribution is 0.323. The Morgan fingerprint density at radius 3 is 1.92 bits per heavy atom. The highest BCUT2D eigenvalue weighted by Crippen LogP contribution is 2.12. The molecule has 0 aromatic rings. The molecular formula is C12H27N. The Labute approximate surface area is 84.3 Å². The standard InChI is InChI=1S/C12H27N/c1-7-11(9-8-10(2)3)13-12(4,5)6/h10-11,13H,7-9H2,1-6H3. The number of rotatable bonds is 5. The Kier molecular flexibility index (Phi) is 5.62. The maximum atomic E-state index is 3.66. The molecule has 0 saturated carbocycles. The Hall–Kier alpha value is -0.0400. The lowest BCUT2D eigenvalue weighted by Gasteiger charge is -2.28. The molecule has 1 unspecified atom stereocenters. The second kappa shape index (κ2) is 5.64. The van der Waals surface area contributed by atoms with Gasteiger partial charge < -0.3 is 5.32 Å². The van der Waals surface area contributed by atoms with Gasteiger partial charge >= 0.3 is 0 Å². The summed E-state index contributed by atoms with van der Waals surface area (Å²) < 4.78 is 0. The first-order chi connectivity index (χ1) is 5.85. The topological polar surface area (TPSA) is 12.0 Å². The molecule has 0 aromatic heterocycles. The van der Waals surface area contributed by atoms with Crippen molar-refractivity contribution in [3.63, 3.8) is 0 Å². The van der Waals surface area contributed by atoms with E-state index in [9.17, 15) is 0 Å². The predicted molar refractivity (Wildman–Crippen MR) is 61.0 cm³/mol. The van der Waals surface area contributed by atoms with E-state index in [1.54, 1.807) is 0 Å². The van der Waals surface area contributed by atoms with Gasteiger partial charge in [-0.1, -0.05) is 20.8 Å². The van der Waals surface area contributed by atoms with Crippen molar-refractivity contribution in [3.8, 4) is 0 Å². The number of hydrogen-bond acceptors (Lipinski definition) is 1. The lowest BCUT2D eigenvalue weighted by Crippen LogP contribution is -2.43. The van der Waals surface area contributed by atoms with Crippen LogP contribution in [0.1, 0.15) is 60.8 Å². The highest BCUT2D eigenvalue weighted by Gasteiger charge is 2.15. The van der Waals surface area contributed by atoms with Crippen molar-refractivity contribution in [1.29, 1.82) is 0 Å². The summed E-state index contributed by atoms with van der Waals surface area (Å²) >= 11 is 0. The molecule has 0 aromatic carbocycles. The number of nitrogens with one attached hydrogen (secondary N) is 1.